The number of ether oxygens (including phenoxy) is 2. The molecule has 0 saturated carbocycles. The molecule has 8 nitrogen and oxygen atoms in total. The zero-order chi connectivity index (χ0) is 19.5. The van der Waals surface area contributed by atoms with Crippen molar-refractivity contribution in [1.29, 1.82) is 0 Å². The Morgan fingerprint density at radius 2 is 1.73 bits per heavy atom. The normalized spacial score (nSPS) is 14.2. The molecule has 0 saturated heterocycles. The number of anilines is 1. The van der Waals surface area contributed by atoms with Crippen LogP contribution in [0, 0.1) is 6.92 Å². The second-order valence-corrected chi connectivity index (χ2v) is 6.87. The summed E-state index contributed by atoms with van der Waals surface area (Å²) >= 11 is 0. The quantitative estimate of drug-likeness (QED) is 0.781. The summed E-state index contributed by atoms with van der Waals surface area (Å²) < 4.78 is 32.9. The van der Waals surface area contributed by atoms with E-state index in [2.05, 4.69) is 0 Å². The minimum Gasteiger partial charge on any atom is -0.465 e. The number of methoxy groups -OCH3 is 2. The molecule has 1 heterocycles. The number of sulfonamides is 1. The van der Waals surface area contributed by atoms with Gasteiger partial charge in [-0.15, -0.1) is 0 Å². The third-order valence-electron chi connectivity index (χ3n) is 3.66. The molecule has 0 unspecified atom stereocenters. The van der Waals surface area contributed by atoms with E-state index in [4.69, 9.17) is 14.6 Å². The number of benzene rings is 1. The van der Waals surface area contributed by atoms with Crippen LogP contribution in [0.25, 0.3) is 0 Å². The van der Waals surface area contributed by atoms with Gasteiger partial charge in [-0.25, -0.2) is 23.1 Å². The summed E-state index contributed by atoms with van der Waals surface area (Å²) in [5.41, 5.74) is 0.844. The van der Waals surface area contributed by atoms with Crippen molar-refractivity contribution in [3.05, 3.63) is 59.5 Å². The number of hydrogen-bond donors (Lipinski definition) is 1. The first-order valence-electron chi connectivity index (χ1n) is 7.39. The molecule has 26 heavy (non-hydrogen) atoms. The zero-order valence-electron chi connectivity index (χ0n) is 14.4. The number of esters is 2. The van der Waals surface area contributed by atoms with Gasteiger partial charge < -0.3 is 14.4 Å². The van der Waals surface area contributed by atoms with Gasteiger partial charge in [0.05, 0.1) is 30.4 Å². The van der Waals surface area contributed by atoms with Gasteiger partial charge >= 0.3 is 11.9 Å². The Labute approximate surface area is 151 Å². The first-order valence-corrected chi connectivity index (χ1v) is 8.93. The molecule has 0 atom stereocenters. The minimum absolute atomic E-state index is 0.0373. The van der Waals surface area contributed by atoms with Gasteiger partial charge in [0, 0.05) is 6.20 Å². The minimum atomic E-state index is -3.96. The maximum Gasteiger partial charge on any atom is 0.355 e. The summed E-state index contributed by atoms with van der Waals surface area (Å²) in [7, 11) is -1.59. The van der Waals surface area contributed by atoms with Crippen molar-refractivity contribution in [3.63, 3.8) is 0 Å². The number of nitrogens with zero attached hydrogens (tertiary/aromatic N) is 1. The lowest BCUT2D eigenvalue weighted by Gasteiger charge is -2.25. The van der Waals surface area contributed by atoms with Crippen LogP contribution in [0.4, 0.5) is 5.69 Å². The molecule has 1 aliphatic heterocycles. The van der Waals surface area contributed by atoms with Crippen LogP contribution in [0.15, 0.2) is 58.8 Å². The summed E-state index contributed by atoms with van der Waals surface area (Å²) in [5, 5.41) is 5.20. The van der Waals surface area contributed by atoms with Crippen LogP contribution < -0.4 is 10.0 Å². The average Bonchev–Trinajstić information content (AvgIpc) is 2.82. The lowest BCUT2D eigenvalue weighted by atomic mass is 10.1. The maximum absolute atomic E-state index is 12.4. The highest BCUT2D eigenvalue weighted by Crippen LogP contribution is 2.30. The fourth-order valence-corrected chi connectivity index (χ4v) is 2.91. The van der Waals surface area contributed by atoms with E-state index in [1.54, 1.807) is 25.1 Å². The Bertz CT molecular complexity index is 944. The Balaban J connectivity index is 2.77. The Hall–Kier alpha value is -2.91. The smallest absolute Gasteiger partial charge is 0.355 e. The molecule has 0 amide bonds. The fourth-order valence-electron chi connectivity index (χ4n) is 2.38. The third-order valence-corrected chi connectivity index (χ3v) is 4.57. The van der Waals surface area contributed by atoms with E-state index >= 15 is 0 Å². The van der Waals surface area contributed by atoms with Crippen LogP contribution in [-0.2, 0) is 29.1 Å². The molecule has 0 fully saturated rings. The molecule has 1 aromatic rings. The van der Waals surface area contributed by atoms with E-state index in [1.165, 1.54) is 43.5 Å². The standard InChI is InChI=1S/C17H18N2O6S/c1-11-7-8-12(26(18,22)23)10-14(11)19-9-5-4-6-13(16(20)24-2)15(19)17(21)25-3/h4-10H,1-3H3,(H2,18,22,23). The molecule has 2 N–H and O–H groups in total. The average molecular weight is 378 g/mol. The van der Waals surface area contributed by atoms with Gasteiger partial charge in [-0.1, -0.05) is 12.1 Å². The van der Waals surface area contributed by atoms with Gasteiger partial charge in [-0.05, 0) is 36.8 Å². The molecular weight excluding hydrogens is 360 g/mol. The maximum atomic E-state index is 12.4. The summed E-state index contributed by atoms with van der Waals surface area (Å²) in [6.45, 7) is 1.72. The Morgan fingerprint density at radius 1 is 1.08 bits per heavy atom. The van der Waals surface area contributed by atoms with Crippen molar-refractivity contribution < 1.29 is 27.5 Å². The van der Waals surface area contributed by atoms with E-state index in [0.717, 1.165) is 0 Å². The number of carbonyl (C=O) groups is 2. The van der Waals surface area contributed by atoms with Crippen LogP contribution in [0.3, 0.4) is 0 Å². The van der Waals surface area contributed by atoms with E-state index in [1.807, 2.05) is 0 Å². The molecule has 0 aromatic heterocycles. The van der Waals surface area contributed by atoms with Crippen molar-refractivity contribution in [2.75, 3.05) is 19.1 Å². The molecule has 0 bridgehead atoms. The second kappa shape index (κ2) is 7.54. The van der Waals surface area contributed by atoms with Gasteiger partial charge in [0.15, 0.2) is 0 Å². The van der Waals surface area contributed by atoms with Crippen molar-refractivity contribution in [2.45, 2.75) is 11.8 Å². The van der Waals surface area contributed by atoms with E-state index < -0.39 is 22.0 Å². The van der Waals surface area contributed by atoms with Crippen LogP contribution >= 0.6 is 0 Å². The Kier molecular flexibility index (Phi) is 5.63. The molecule has 0 radical (unpaired) electrons. The van der Waals surface area contributed by atoms with Crippen molar-refractivity contribution in [3.8, 4) is 0 Å². The van der Waals surface area contributed by atoms with Crippen LogP contribution in [0.1, 0.15) is 5.56 Å². The van der Waals surface area contributed by atoms with Gasteiger partial charge in [-0.2, -0.15) is 0 Å². The third kappa shape index (κ3) is 3.84. The number of nitrogens with two attached hydrogens (primary N) is 1. The van der Waals surface area contributed by atoms with Gasteiger partial charge in [0.1, 0.15) is 5.70 Å². The number of aryl methyl sites for hydroxylation is 1. The van der Waals surface area contributed by atoms with Gasteiger partial charge in [0.25, 0.3) is 0 Å². The summed E-state index contributed by atoms with van der Waals surface area (Å²) in [6, 6.07) is 4.23. The predicted octanol–water partition coefficient (Wildman–Crippen LogP) is 1.13. The van der Waals surface area contributed by atoms with Crippen molar-refractivity contribution in [1.82, 2.24) is 0 Å². The second-order valence-electron chi connectivity index (χ2n) is 5.31. The van der Waals surface area contributed by atoms with E-state index in [0.29, 0.717) is 11.3 Å². The number of rotatable bonds is 4. The molecule has 1 aliphatic rings. The summed E-state index contributed by atoms with van der Waals surface area (Å²) in [4.78, 5) is 25.7. The number of allylic oxidation sites excluding steroid dienone is 2. The van der Waals surface area contributed by atoms with E-state index in [-0.39, 0.29) is 16.2 Å². The molecule has 2 rings (SSSR count). The molecule has 138 valence electrons. The number of primary sulfonamides is 1. The first-order chi connectivity index (χ1) is 12.2. The van der Waals surface area contributed by atoms with E-state index in [9.17, 15) is 18.0 Å². The highest BCUT2D eigenvalue weighted by Gasteiger charge is 2.28. The predicted molar refractivity (Wildman–Crippen MR) is 94.4 cm³/mol. The monoisotopic (exact) mass is 378 g/mol. The number of carbonyl (C=O) groups excluding carboxylic acids is 2. The van der Waals surface area contributed by atoms with Crippen LogP contribution in [0.2, 0.25) is 0 Å². The van der Waals surface area contributed by atoms with Crippen LogP contribution in [-0.4, -0.2) is 34.6 Å². The molecule has 1 aromatic carbocycles. The molecule has 9 heteroatoms. The topological polar surface area (TPSA) is 116 Å². The van der Waals surface area contributed by atoms with Gasteiger partial charge in [-0.3, -0.25) is 0 Å². The lowest BCUT2D eigenvalue weighted by Crippen LogP contribution is -2.27. The van der Waals surface area contributed by atoms with Crippen molar-refractivity contribution in [2.24, 2.45) is 5.14 Å². The largest absolute Gasteiger partial charge is 0.465 e. The number of hydrogen-bond acceptors (Lipinski definition) is 7. The summed E-state index contributed by atoms with van der Waals surface area (Å²) in [6.07, 6.45) is 6.05. The molecule has 0 aliphatic carbocycles. The van der Waals surface area contributed by atoms with Gasteiger partial charge in [0.2, 0.25) is 10.0 Å². The molecular formula is C17H18N2O6S. The van der Waals surface area contributed by atoms with Crippen LogP contribution in [0.5, 0.6) is 0 Å². The first kappa shape index (κ1) is 19.4. The fraction of sp³-hybridized carbons (Fsp3) is 0.176. The highest BCUT2D eigenvalue weighted by atomic mass is 32.2. The summed E-state index contributed by atoms with van der Waals surface area (Å²) in [5.74, 6) is -1.53. The zero-order valence-corrected chi connectivity index (χ0v) is 15.2. The molecule has 0 spiro atoms. The Morgan fingerprint density at radius 3 is 2.31 bits per heavy atom. The highest BCUT2D eigenvalue weighted by molar-refractivity contribution is 7.89. The lowest BCUT2D eigenvalue weighted by molar-refractivity contribution is -0.139. The SMILES string of the molecule is COC(=O)C1=C(C(=O)OC)N(c2cc(S(N)(=O)=O)ccc2C)C=CC=C1. The van der Waals surface area contributed by atoms with Crippen molar-refractivity contribution >= 4 is 27.6 Å².